The molecular weight excluding hydrogens is 500 g/mol. The van der Waals surface area contributed by atoms with Crippen LogP contribution in [0, 0.1) is 20.2 Å². The quantitative estimate of drug-likeness (QED) is 0.197. The van der Waals surface area contributed by atoms with Gasteiger partial charge in [-0.15, -0.1) is 0 Å². The molecule has 1 unspecified atom stereocenters. The van der Waals surface area contributed by atoms with Gasteiger partial charge in [0.2, 0.25) is 0 Å². The van der Waals surface area contributed by atoms with E-state index in [9.17, 15) is 25.0 Å². The lowest BCUT2D eigenvalue weighted by Gasteiger charge is -2.23. The molecule has 1 aliphatic rings. The summed E-state index contributed by atoms with van der Waals surface area (Å²) in [5.41, 5.74) is 3.45. The predicted octanol–water partition coefficient (Wildman–Crippen LogP) is 6.59. The van der Waals surface area contributed by atoms with E-state index in [4.69, 9.17) is 9.73 Å². The minimum absolute atomic E-state index is 0.0274. The van der Waals surface area contributed by atoms with Crippen LogP contribution in [0.3, 0.4) is 0 Å². The molecule has 3 aromatic carbocycles. The van der Waals surface area contributed by atoms with Crippen molar-refractivity contribution in [2.75, 3.05) is 0 Å². The van der Waals surface area contributed by atoms with Crippen molar-refractivity contribution in [3.8, 4) is 11.5 Å². The smallest absolute Gasteiger partial charge is 0.269 e. The molecule has 10 nitrogen and oxygen atoms in total. The van der Waals surface area contributed by atoms with Crippen LogP contribution in [0.15, 0.2) is 90.1 Å². The Labute approximate surface area is 222 Å². The fourth-order valence-corrected chi connectivity index (χ4v) is 4.41. The molecule has 0 saturated heterocycles. The third-order valence-corrected chi connectivity index (χ3v) is 6.40. The Bertz CT molecular complexity index is 1630. The minimum atomic E-state index is -0.879. The van der Waals surface area contributed by atoms with E-state index < -0.39 is 15.9 Å². The molecule has 1 aliphatic heterocycles. The van der Waals surface area contributed by atoms with Crippen LogP contribution >= 0.6 is 0 Å². The minimum Gasteiger partial charge on any atom is -0.457 e. The summed E-state index contributed by atoms with van der Waals surface area (Å²) in [5, 5.41) is 22.1. The summed E-state index contributed by atoms with van der Waals surface area (Å²) in [6.07, 6.45) is 1.60. The summed E-state index contributed by atoms with van der Waals surface area (Å²) in [6.45, 7) is 4.03. The number of nitrogens with zero attached hydrogens (tertiary/aromatic N) is 4. The Morgan fingerprint density at radius 1 is 0.872 bits per heavy atom. The maximum atomic E-state index is 13.4. The highest BCUT2D eigenvalue weighted by Gasteiger charge is 2.32. The zero-order valence-electron chi connectivity index (χ0n) is 21.0. The number of hydrogen-bond donors (Lipinski definition) is 0. The summed E-state index contributed by atoms with van der Waals surface area (Å²) in [6, 6.07) is 19.7. The number of nitro groups is 2. The van der Waals surface area contributed by atoms with Gasteiger partial charge in [0, 0.05) is 41.6 Å². The van der Waals surface area contributed by atoms with E-state index in [1.54, 1.807) is 48.7 Å². The average Bonchev–Trinajstić information content (AvgIpc) is 2.94. The second-order valence-electron chi connectivity index (χ2n) is 9.25. The van der Waals surface area contributed by atoms with Crippen LogP contribution in [-0.2, 0) is 0 Å². The summed E-state index contributed by atoms with van der Waals surface area (Å²) < 4.78 is 6.07. The summed E-state index contributed by atoms with van der Waals surface area (Å²) in [7, 11) is 0. The number of benzene rings is 3. The fourth-order valence-electron chi connectivity index (χ4n) is 4.41. The molecule has 0 fully saturated rings. The van der Waals surface area contributed by atoms with Crippen molar-refractivity contribution < 1.29 is 19.4 Å². The zero-order chi connectivity index (χ0) is 27.7. The van der Waals surface area contributed by atoms with E-state index in [1.165, 1.54) is 24.3 Å². The molecule has 2 heterocycles. The van der Waals surface area contributed by atoms with Gasteiger partial charge in [0.1, 0.15) is 17.5 Å². The highest BCUT2D eigenvalue weighted by atomic mass is 16.6. The molecule has 0 N–H and O–H groups in total. The van der Waals surface area contributed by atoms with Gasteiger partial charge in [0.05, 0.1) is 21.3 Å². The van der Waals surface area contributed by atoms with E-state index in [0.29, 0.717) is 34.0 Å². The number of Topliss-reactive ketones (excluding diaryl/α,β-unsaturated/α-hetero) is 1. The van der Waals surface area contributed by atoms with Crippen LogP contribution in [0.5, 0.6) is 11.5 Å². The third kappa shape index (κ3) is 4.99. The van der Waals surface area contributed by atoms with Crippen LogP contribution in [0.1, 0.15) is 58.5 Å². The SMILES string of the molecule is CC(C)c1cc(C2=NC(c3ccc([N+](=O)[O-])cc3)C(=O)c3cccnc32)ccc1Oc1ccc([N+](=O)[O-])cc1. The first-order valence-corrected chi connectivity index (χ1v) is 12.1. The molecular formula is C29H22N4O6. The maximum absolute atomic E-state index is 13.4. The second-order valence-corrected chi connectivity index (χ2v) is 9.25. The first-order valence-electron chi connectivity index (χ1n) is 12.1. The summed E-state index contributed by atoms with van der Waals surface area (Å²) in [4.78, 5) is 43.7. The van der Waals surface area contributed by atoms with Crippen LogP contribution in [0.2, 0.25) is 0 Å². The number of nitro benzene ring substituents is 2. The van der Waals surface area contributed by atoms with Gasteiger partial charge in [-0.3, -0.25) is 35.0 Å². The number of fused-ring (bicyclic) bond motifs is 1. The number of carbonyl (C=O) groups is 1. The molecule has 4 aromatic rings. The van der Waals surface area contributed by atoms with Crippen molar-refractivity contribution in [2.45, 2.75) is 25.8 Å². The number of hydrogen-bond acceptors (Lipinski definition) is 8. The molecule has 0 spiro atoms. The number of carbonyl (C=O) groups excluding carboxylic acids is 1. The van der Waals surface area contributed by atoms with Crippen molar-refractivity contribution >= 4 is 22.9 Å². The van der Waals surface area contributed by atoms with Gasteiger partial charge in [-0.05, 0) is 71.6 Å². The second kappa shape index (κ2) is 10.3. The topological polar surface area (TPSA) is 138 Å². The third-order valence-electron chi connectivity index (χ3n) is 6.40. The molecule has 194 valence electrons. The maximum Gasteiger partial charge on any atom is 0.269 e. The number of pyridine rings is 1. The predicted molar refractivity (Wildman–Crippen MR) is 144 cm³/mol. The lowest BCUT2D eigenvalue weighted by molar-refractivity contribution is -0.385. The van der Waals surface area contributed by atoms with Crippen LogP contribution in [0.25, 0.3) is 0 Å². The Hall–Kier alpha value is -5.25. The van der Waals surface area contributed by atoms with Gasteiger partial charge in [0.15, 0.2) is 5.78 Å². The molecule has 0 amide bonds. The molecule has 0 radical (unpaired) electrons. The standard InChI is InChI=1S/C29H22N4O6/c1-17(2)24-16-19(7-14-25(24)39-22-12-10-21(11-13-22)33(37)38)26-28-23(4-3-15-30-28)29(34)27(31-26)18-5-8-20(9-6-18)32(35)36/h3-17,27H,1-2H3. The van der Waals surface area contributed by atoms with Gasteiger partial charge in [-0.25, -0.2) is 0 Å². The monoisotopic (exact) mass is 522 g/mol. The molecule has 0 aliphatic carbocycles. The Morgan fingerprint density at radius 3 is 2.13 bits per heavy atom. The van der Waals surface area contributed by atoms with Gasteiger partial charge < -0.3 is 4.74 Å². The largest absolute Gasteiger partial charge is 0.457 e. The van der Waals surface area contributed by atoms with E-state index in [2.05, 4.69) is 4.98 Å². The first kappa shape index (κ1) is 25.4. The summed E-state index contributed by atoms with van der Waals surface area (Å²) in [5.74, 6) is 0.861. The normalized spacial score (nSPS) is 14.5. The van der Waals surface area contributed by atoms with Gasteiger partial charge >= 0.3 is 0 Å². The molecule has 0 bridgehead atoms. The Kier molecular flexibility index (Phi) is 6.68. The molecule has 1 atom stereocenters. The highest BCUT2D eigenvalue weighted by Crippen LogP contribution is 2.36. The van der Waals surface area contributed by atoms with E-state index in [-0.39, 0.29) is 23.1 Å². The van der Waals surface area contributed by atoms with Crippen molar-refractivity contribution in [3.05, 3.63) is 133 Å². The van der Waals surface area contributed by atoms with Crippen molar-refractivity contribution in [1.29, 1.82) is 0 Å². The van der Waals surface area contributed by atoms with Gasteiger partial charge in [-0.1, -0.05) is 13.8 Å². The molecule has 10 heteroatoms. The zero-order valence-corrected chi connectivity index (χ0v) is 21.0. The van der Waals surface area contributed by atoms with Crippen LogP contribution in [-0.4, -0.2) is 26.3 Å². The average molecular weight is 523 g/mol. The highest BCUT2D eigenvalue weighted by molar-refractivity contribution is 6.21. The number of rotatable bonds is 7. The van der Waals surface area contributed by atoms with E-state index in [0.717, 1.165) is 11.1 Å². The molecule has 39 heavy (non-hydrogen) atoms. The first-order chi connectivity index (χ1) is 18.7. The number of aliphatic imine (C=N–C) groups is 1. The lowest BCUT2D eigenvalue weighted by Crippen LogP contribution is -2.24. The fraction of sp³-hybridized carbons (Fsp3) is 0.138. The van der Waals surface area contributed by atoms with Crippen LogP contribution < -0.4 is 4.74 Å². The molecule has 1 aromatic heterocycles. The Morgan fingerprint density at radius 2 is 1.51 bits per heavy atom. The summed E-state index contributed by atoms with van der Waals surface area (Å²) >= 11 is 0. The molecule has 5 rings (SSSR count). The molecule has 0 saturated carbocycles. The number of aromatic nitrogens is 1. The van der Waals surface area contributed by atoms with Gasteiger partial charge in [0.25, 0.3) is 11.4 Å². The number of ether oxygens (including phenoxy) is 1. The van der Waals surface area contributed by atoms with Gasteiger partial charge in [-0.2, -0.15) is 0 Å². The number of non-ortho nitro benzene ring substituents is 2. The number of ketones is 1. The lowest BCUT2D eigenvalue weighted by atomic mass is 9.89. The van der Waals surface area contributed by atoms with Crippen molar-refractivity contribution in [2.24, 2.45) is 4.99 Å². The van der Waals surface area contributed by atoms with Crippen LogP contribution in [0.4, 0.5) is 11.4 Å². The van der Waals surface area contributed by atoms with E-state index >= 15 is 0 Å². The van der Waals surface area contributed by atoms with Crippen molar-refractivity contribution in [1.82, 2.24) is 4.98 Å². The van der Waals surface area contributed by atoms with E-state index in [1.807, 2.05) is 26.0 Å². The van der Waals surface area contributed by atoms with Crippen molar-refractivity contribution in [3.63, 3.8) is 0 Å². The Balaban J connectivity index is 1.56.